The van der Waals surface area contributed by atoms with Crippen LogP contribution in [0.2, 0.25) is 0 Å². The number of esters is 1. The lowest BCUT2D eigenvalue weighted by atomic mass is 9.80. The van der Waals surface area contributed by atoms with Gasteiger partial charge in [-0.15, -0.1) is 0 Å². The second-order valence-electron chi connectivity index (χ2n) is 5.03. The van der Waals surface area contributed by atoms with E-state index in [0.29, 0.717) is 23.9 Å². The van der Waals surface area contributed by atoms with E-state index >= 15 is 0 Å². The van der Waals surface area contributed by atoms with Crippen molar-refractivity contribution < 1.29 is 13.9 Å². The quantitative estimate of drug-likeness (QED) is 0.817. The highest BCUT2D eigenvalue weighted by atomic mass is 16.5. The largest absolute Gasteiger partial charge is 0.465 e. The van der Waals surface area contributed by atoms with E-state index < -0.39 is 0 Å². The third-order valence-corrected chi connectivity index (χ3v) is 3.83. The number of aryl methyl sites for hydroxylation is 1. The molecular weight excluding hydrogens is 230 g/mol. The summed E-state index contributed by atoms with van der Waals surface area (Å²) < 4.78 is 10.3. The fraction of sp³-hybridized carbons (Fsp3) is 0.643. The van der Waals surface area contributed by atoms with Crippen molar-refractivity contribution in [3.63, 3.8) is 0 Å². The minimum atomic E-state index is -0.338. The fourth-order valence-corrected chi connectivity index (χ4v) is 2.31. The predicted octanol–water partition coefficient (Wildman–Crippen LogP) is 2.65. The lowest BCUT2D eigenvalue weighted by Gasteiger charge is -2.31. The zero-order valence-electron chi connectivity index (χ0n) is 11.3. The van der Waals surface area contributed by atoms with Gasteiger partial charge in [0.1, 0.15) is 17.1 Å². The Labute approximate surface area is 108 Å². The summed E-state index contributed by atoms with van der Waals surface area (Å²) in [6.07, 6.45) is 3.99. The summed E-state index contributed by atoms with van der Waals surface area (Å²) in [5, 5.41) is 3.45. The summed E-state index contributed by atoms with van der Waals surface area (Å²) >= 11 is 0. The standard InChI is InChI=1S/C14H21NO3/c1-9(11-5-4-6-11)15-8-12-7-13(10(2)18-12)14(16)17-3/h7,9,11,15H,4-6,8H2,1-3H3. The molecule has 0 spiro atoms. The summed E-state index contributed by atoms with van der Waals surface area (Å²) in [7, 11) is 1.38. The Morgan fingerprint density at radius 3 is 2.89 bits per heavy atom. The first-order valence-electron chi connectivity index (χ1n) is 6.53. The lowest BCUT2D eigenvalue weighted by Crippen LogP contribution is -2.36. The molecule has 1 aliphatic carbocycles. The van der Waals surface area contributed by atoms with Gasteiger partial charge in [-0.05, 0) is 38.7 Å². The average Bonchev–Trinajstić information content (AvgIpc) is 2.64. The van der Waals surface area contributed by atoms with E-state index in [-0.39, 0.29) is 5.97 Å². The molecule has 1 atom stereocenters. The molecule has 1 fully saturated rings. The van der Waals surface area contributed by atoms with Gasteiger partial charge in [-0.2, -0.15) is 0 Å². The third-order valence-electron chi connectivity index (χ3n) is 3.83. The molecule has 0 amide bonds. The summed E-state index contributed by atoms with van der Waals surface area (Å²) in [5.41, 5.74) is 0.519. The van der Waals surface area contributed by atoms with Crippen molar-refractivity contribution in [2.75, 3.05) is 7.11 Å². The van der Waals surface area contributed by atoms with Crippen LogP contribution in [0, 0.1) is 12.8 Å². The third kappa shape index (κ3) is 2.75. The van der Waals surface area contributed by atoms with Gasteiger partial charge in [0.15, 0.2) is 0 Å². The molecule has 0 radical (unpaired) electrons. The van der Waals surface area contributed by atoms with Gasteiger partial charge in [0.2, 0.25) is 0 Å². The number of hydrogen-bond acceptors (Lipinski definition) is 4. The number of ether oxygens (including phenoxy) is 1. The number of nitrogens with one attached hydrogen (secondary N) is 1. The highest BCUT2D eigenvalue weighted by Gasteiger charge is 2.24. The molecule has 2 rings (SSSR count). The van der Waals surface area contributed by atoms with Crippen molar-refractivity contribution >= 4 is 5.97 Å². The topological polar surface area (TPSA) is 51.5 Å². The van der Waals surface area contributed by atoms with Gasteiger partial charge in [0.05, 0.1) is 13.7 Å². The summed E-state index contributed by atoms with van der Waals surface area (Å²) in [5.74, 6) is 1.87. The zero-order chi connectivity index (χ0) is 13.1. The number of carbonyl (C=O) groups is 1. The average molecular weight is 251 g/mol. The van der Waals surface area contributed by atoms with Crippen molar-refractivity contribution in [2.45, 2.75) is 45.7 Å². The van der Waals surface area contributed by atoms with E-state index in [2.05, 4.69) is 12.2 Å². The first-order valence-corrected chi connectivity index (χ1v) is 6.53. The minimum absolute atomic E-state index is 0.338. The van der Waals surface area contributed by atoms with Crippen LogP contribution in [0.4, 0.5) is 0 Å². The highest BCUT2D eigenvalue weighted by molar-refractivity contribution is 5.90. The summed E-state index contributed by atoms with van der Waals surface area (Å²) in [6.45, 7) is 4.65. The molecular formula is C14H21NO3. The van der Waals surface area contributed by atoms with Crippen LogP contribution in [-0.2, 0) is 11.3 Å². The van der Waals surface area contributed by atoms with E-state index in [1.165, 1.54) is 26.4 Å². The Kier molecular flexibility index (Phi) is 4.07. The minimum Gasteiger partial charge on any atom is -0.465 e. The first-order chi connectivity index (χ1) is 8.61. The molecule has 1 aliphatic rings. The van der Waals surface area contributed by atoms with Crippen LogP contribution in [0.1, 0.15) is 48.1 Å². The molecule has 0 saturated heterocycles. The second kappa shape index (κ2) is 5.57. The molecule has 0 bridgehead atoms. The second-order valence-corrected chi connectivity index (χ2v) is 5.03. The molecule has 18 heavy (non-hydrogen) atoms. The predicted molar refractivity (Wildman–Crippen MR) is 68.4 cm³/mol. The van der Waals surface area contributed by atoms with Crippen LogP contribution >= 0.6 is 0 Å². The zero-order valence-corrected chi connectivity index (χ0v) is 11.3. The normalized spacial score (nSPS) is 17.3. The van der Waals surface area contributed by atoms with Crippen LogP contribution in [0.5, 0.6) is 0 Å². The molecule has 1 N–H and O–H groups in total. The van der Waals surface area contributed by atoms with Gasteiger partial charge in [0.25, 0.3) is 0 Å². The van der Waals surface area contributed by atoms with Gasteiger partial charge >= 0.3 is 5.97 Å². The van der Waals surface area contributed by atoms with Crippen LogP contribution in [-0.4, -0.2) is 19.1 Å². The fourth-order valence-electron chi connectivity index (χ4n) is 2.31. The SMILES string of the molecule is COC(=O)c1cc(CNC(C)C2CCC2)oc1C. The van der Waals surface area contributed by atoms with Gasteiger partial charge in [0, 0.05) is 6.04 Å². The Bertz CT molecular complexity index is 421. The Morgan fingerprint density at radius 1 is 1.61 bits per heavy atom. The molecule has 4 nitrogen and oxygen atoms in total. The highest BCUT2D eigenvalue weighted by Crippen LogP contribution is 2.29. The molecule has 0 aliphatic heterocycles. The van der Waals surface area contributed by atoms with Crippen LogP contribution in [0.15, 0.2) is 10.5 Å². The number of carbonyl (C=O) groups excluding carboxylic acids is 1. The van der Waals surface area contributed by atoms with E-state index in [4.69, 9.17) is 9.15 Å². The molecule has 4 heteroatoms. The van der Waals surface area contributed by atoms with Crippen molar-refractivity contribution in [2.24, 2.45) is 5.92 Å². The van der Waals surface area contributed by atoms with Gasteiger partial charge in [-0.1, -0.05) is 6.42 Å². The van der Waals surface area contributed by atoms with E-state index in [1.54, 1.807) is 13.0 Å². The molecule has 1 heterocycles. The van der Waals surface area contributed by atoms with Crippen molar-refractivity contribution in [1.82, 2.24) is 5.32 Å². The van der Waals surface area contributed by atoms with E-state index in [1.807, 2.05) is 0 Å². The molecule has 0 aromatic carbocycles. The van der Waals surface area contributed by atoms with Gasteiger partial charge in [-0.3, -0.25) is 0 Å². The molecule has 1 saturated carbocycles. The monoisotopic (exact) mass is 251 g/mol. The molecule has 1 aromatic heterocycles. The van der Waals surface area contributed by atoms with Crippen LogP contribution in [0.3, 0.4) is 0 Å². The maximum atomic E-state index is 11.4. The lowest BCUT2D eigenvalue weighted by molar-refractivity contribution is 0.0599. The maximum absolute atomic E-state index is 11.4. The van der Waals surface area contributed by atoms with Gasteiger partial charge < -0.3 is 14.5 Å². The number of furan rings is 1. The van der Waals surface area contributed by atoms with Crippen LogP contribution < -0.4 is 5.32 Å². The molecule has 100 valence electrons. The molecule has 1 unspecified atom stereocenters. The van der Waals surface area contributed by atoms with E-state index in [9.17, 15) is 4.79 Å². The number of methoxy groups -OCH3 is 1. The Morgan fingerprint density at radius 2 is 2.33 bits per heavy atom. The summed E-state index contributed by atoms with van der Waals surface area (Å²) in [4.78, 5) is 11.4. The Balaban J connectivity index is 1.91. The number of hydrogen-bond donors (Lipinski definition) is 1. The van der Waals surface area contributed by atoms with E-state index in [0.717, 1.165) is 11.7 Å². The summed E-state index contributed by atoms with van der Waals surface area (Å²) in [6, 6.07) is 2.27. The van der Waals surface area contributed by atoms with Crippen LogP contribution in [0.25, 0.3) is 0 Å². The van der Waals surface area contributed by atoms with Crippen molar-refractivity contribution in [3.05, 3.63) is 23.2 Å². The van der Waals surface area contributed by atoms with Crippen molar-refractivity contribution in [3.8, 4) is 0 Å². The smallest absolute Gasteiger partial charge is 0.341 e. The van der Waals surface area contributed by atoms with Gasteiger partial charge in [-0.25, -0.2) is 4.79 Å². The molecule has 1 aromatic rings. The van der Waals surface area contributed by atoms with Crippen molar-refractivity contribution in [1.29, 1.82) is 0 Å². The first kappa shape index (κ1) is 13.1. The number of rotatable bonds is 5. The maximum Gasteiger partial charge on any atom is 0.341 e. The Hall–Kier alpha value is -1.29.